The Labute approximate surface area is 162 Å². The Morgan fingerprint density at radius 2 is 2.04 bits per heavy atom. The van der Waals surface area contributed by atoms with Crippen molar-refractivity contribution in [2.24, 2.45) is 4.99 Å². The van der Waals surface area contributed by atoms with E-state index >= 15 is 0 Å². The van der Waals surface area contributed by atoms with Crippen LogP contribution >= 0.6 is 11.8 Å². The number of amidine groups is 1. The molecule has 0 spiro atoms. The fourth-order valence-corrected chi connectivity index (χ4v) is 7.10. The minimum absolute atomic E-state index is 0.0706. The first-order valence-electron chi connectivity index (χ1n) is 8.55. The Morgan fingerprint density at radius 1 is 1.22 bits per heavy atom. The number of sulfone groups is 1. The van der Waals surface area contributed by atoms with Gasteiger partial charge in [-0.3, -0.25) is 4.99 Å². The number of fused-ring (bicyclic) bond motifs is 1. The van der Waals surface area contributed by atoms with Crippen LogP contribution in [0.4, 0.5) is 10.1 Å². The molecular formula is C19H19FN2O3S2. The van der Waals surface area contributed by atoms with Crippen molar-refractivity contribution in [3.05, 3.63) is 59.9 Å². The van der Waals surface area contributed by atoms with Gasteiger partial charge in [0.1, 0.15) is 11.6 Å². The van der Waals surface area contributed by atoms with Crippen molar-refractivity contribution in [3.63, 3.8) is 0 Å². The van der Waals surface area contributed by atoms with Gasteiger partial charge >= 0.3 is 0 Å². The van der Waals surface area contributed by atoms with E-state index < -0.39 is 9.84 Å². The minimum Gasteiger partial charge on any atom is -0.497 e. The van der Waals surface area contributed by atoms with Crippen molar-refractivity contribution in [2.45, 2.75) is 17.8 Å². The van der Waals surface area contributed by atoms with Gasteiger partial charge in [0.15, 0.2) is 15.0 Å². The van der Waals surface area contributed by atoms with E-state index in [0.717, 1.165) is 10.9 Å². The van der Waals surface area contributed by atoms with Crippen molar-refractivity contribution >= 4 is 32.5 Å². The molecule has 0 amide bonds. The molecule has 0 aromatic heterocycles. The van der Waals surface area contributed by atoms with Crippen LogP contribution in [0.2, 0.25) is 0 Å². The van der Waals surface area contributed by atoms with E-state index in [4.69, 9.17) is 4.74 Å². The van der Waals surface area contributed by atoms with Crippen molar-refractivity contribution < 1.29 is 17.5 Å². The second-order valence-electron chi connectivity index (χ2n) is 6.59. The van der Waals surface area contributed by atoms with Crippen LogP contribution in [0.3, 0.4) is 0 Å². The summed E-state index contributed by atoms with van der Waals surface area (Å²) >= 11 is 1.46. The molecule has 0 radical (unpaired) electrons. The van der Waals surface area contributed by atoms with E-state index in [9.17, 15) is 12.8 Å². The van der Waals surface area contributed by atoms with Crippen LogP contribution in [0.25, 0.3) is 0 Å². The number of hydrogen-bond donors (Lipinski definition) is 0. The lowest BCUT2D eigenvalue weighted by molar-refractivity contribution is 0.415. The molecule has 0 unspecified atom stereocenters. The van der Waals surface area contributed by atoms with Crippen molar-refractivity contribution in [1.29, 1.82) is 0 Å². The molecule has 142 valence electrons. The van der Waals surface area contributed by atoms with E-state index in [1.54, 1.807) is 25.3 Å². The summed E-state index contributed by atoms with van der Waals surface area (Å²) in [5, 5.41) is 0.648. The lowest BCUT2D eigenvalue weighted by Gasteiger charge is -2.25. The highest BCUT2D eigenvalue weighted by Gasteiger charge is 2.44. The third kappa shape index (κ3) is 3.82. The standard InChI is InChI=1S/C19H19FN2O3S2/c1-25-15-7-4-6-14(9-15)22(10-13-5-2-3-8-16(13)20)19-21-17-11-27(23,24)12-18(17)26-19/h2-9,17-18H,10-12H2,1H3/t17-,18-/m1/s1. The van der Waals surface area contributed by atoms with Crippen LogP contribution in [0.5, 0.6) is 5.75 Å². The van der Waals surface area contributed by atoms with E-state index in [1.807, 2.05) is 29.2 Å². The van der Waals surface area contributed by atoms with Gasteiger partial charge < -0.3 is 9.64 Å². The molecule has 1 saturated heterocycles. The third-order valence-electron chi connectivity index (χ3n) is 4.69. The molecule has 0 saturated carbocycles. The number of anilines is 1. The third-order valence-corrected chi connectivity index (χ3v) is 7.93. The molecule has 2 aliphatic rings. The Kier molecular flexibility index (Phi) is 4.86. The van der Waals surface area contributed by atoms with Gasteiger partial charge in [-0.15, -0.1) is 0 Å². The molecule has 27 heavy (non-hydrogen) atoms. The molecule has 2 atom stereocenters. The molecule has 5 nitrogen and oxygen atoms in total. The largest absolute Gasteiger partial charge is 0.497 e. The normalized spacial score (nSPS) is 23.0. The number of halogens is 1. The minimum atomic E-state index is -3.02. The number of nitrogens with zero attached hydrogens (tertiary/aromatic N) is 2. The molecule has 0 aliphatic carbocycles. The number of benzene rings is 2. The zero-order chi connectivity index (χ0) is 19.0. The maximum atomic E-state index is 14.3. The summed E-state index contributed by atoms with van der Waals surface area (Å²) in [6.07, 6.45) is 0. The fraction of sp³-hybridized carbons (Fsp3) is 0.316. The van der Waals surface area contributed by atoms with E-state index in [2.05, 4.69) is 4.99 Å². The highest BCUT2D eigenvalue weighted by Crippen LogP contribution is 2.38. The summed E-state index contributed by atoms with van der Waals surface area (Å²) in [7, 11) is -1.43. The first-order chi connectivity index (χ1) is 12.9. The zero-order valence-corrected chi connectivity index (χ0v) is 16.3. The first kappa shape index (κ1) is 18.3. The lowest BCUT2D eigenvalue weighted by Crippen LogP contribution is -2.28. The van der Waals surface area contributed by atoms with E-state index in [0.29, 0.717) is 17.9 Å². The van der Waals surface area contributed by atoms with E-state index in [-0.39, 0.29) is 28.6 Å². The predicted octanol–water partition coefficient (Wildman–Crippen LogP) is 3.11. The number of aliphatic imine (C=N–C) groups is 1. The number of hydrogen-bond acceptors (Lipinski definition) is 6. The second-order valence-corrected chi connectivity index (χ2v) is 9.95. The van der Waals surface area contributed by atoms with Crippen molar-refractivity contribution in [1.82, 2.24) is 0 Å². The molecule has 2 aromatic carbocycles. The maximum Gasteiger partial charge on any atom is 0.164 e. The SMILES string of the molecule is COc1cccc(N(Cc2ccccc2F)C2=N[C@@H]3CS(=O)(=O)C[C@H]3S2)c1. The van der Waals surface area contributed by atoms with Gasteiger partial charge in [0.25, 0.3) is 0 Å². The highest BCUT2D eigenvalue weighted by molar-refractivity contribution is 8.15. The summed E-state index contributed by atoms with van der Waals surface area (Å²) in [6.45, 7) is 0.303. The lowest BCUT2D eigenvalue weighted by atomic mass is 10.2. The second kappa shape index (κ2) is 7.16. The molecule has 2 aromatic rings. The van der Waals surface area contributed by atoms with Crippen LogP contribution in [0.15, 0.2) is 53.5 Å². The van der Waals surface area contributed by atoms with Gasteiger partial charge in [0.2, 0.25) is 0 Å². The van der Waals surface area contributed by atoms with E-state index in [1.165, 1.54) is 17.8 Å². The fourth-order valence-electron chi connectivity index (χ4n) is 3.32. The number of thioether (sulfide) groups is 1. The van der Waals surface area contributed by atoms with Crippen LogP contribution in [-0.4, -0.2) is 43.5 Å². The molecular weight excluding hydrogens is 387 g/mol. The van der Waals surface area contributed by atoms with Crippen molar-refractivity contribution in [2.75, 3.05) is 23.5 Å². The summed E-state index contributed by atoms with van der Waals surface area (Å²) < 4.78 is 43.3. The number of ether oxygens (including phenoxy) is 1. The molecule has 1 fully saturated rings. The average Bonchev–Trinajstić information content (AvgIpc) is 3.14. The Morgan fingerprint density at radius 3 is 2.78 bits per heavy atom. The zero-order valence-electron chi connectivity index (χ0n) is 14.7. The Hall–Kier alpha value is -2.06. The van der Waals surface area contributed by atoms with Gasteiger partial charge in [-0.1, -0.05) is 36.0 Å². The van der Waals surface area contributed by atoms with Crippen LogP contribution in [0.1, 0.15) is 5.56 Å². The number of rotatable bonds is 4. The molecule has 2 aliphatic heterocycles. The summed E-state index contributed by atoms with van der Waals surface area (Å²) in [5.74, 6) is 0.634. The quantitative estimate of drug-likeness (QED) is 0.781. The van der Waals surface area contributed by atoms with Crippen LogP contribution in [0, 0.1) is 5.82 Å². The van der Waals surface area contributed by atoms with Gasteiger partial charge in [0.05, 0.1) is 31.2 Å². The number of methoxy groups -OCH3 is 1. The Balaban J connectivity index is 1.69. The molecule has 2 heterocycles. The molecule has 0 bridgehead atoms. The highest BCUT2D eigenvalue weighted by atomic mass is 32.2. The Bertz CT molecular complexity index is 994. The summed E-state index contributed by atoms with van der Waals surface area (Å²) in [4.78, 5) is 6.59. The van der Waals surface area contributed by atoms with Crippen LogP contribution in [-0.2, 0) is 16.4 Å². The molecule has 0 N–H and O–H groups in total. The predicted molar refractivity (Wildman–Crippen MR) is 107 cm³/mol. The van der Waals surface area contributed by atoms with Gasteiger partial charge in [-0.25, -0.2) is 12.8 Å². The molecule has 4 rings (SSSR count). The summed E-state index contributed by atoms with van der Waals surface area (Å²) in [5.41, 5.74) is 1.37. The summed E-state index contributed by atoms with van der Waals surface area (Å²) in [6, 6.07) is 13.9. The average molecular weight is 407 g/mol. The van der Waals surface area contributed by atoms with Gasteiger partial charge in [0, 0.05) is 22.6 Å². The maximum absolute atomic E-state index is 14.3. The molecule has 8 heteroatoms. The topological polar surface area (TPSA) is 59.0 Å². The first-order valence-corrected chi connectivity index (χ1v) is 11.3. The monoisotopic (exact) mass is 406 g/mol. The van der Waals surface area contributed by atoms with Gasteiger partial charge in [-0.2, -0.15) is 0 Å². The van der Waals surface area contributed by atoms with Crippen molar-refractivity contribution in [3.8, 4) is 5.75 Å². The van der Waals surface area contributed by atoms with Gasteiger partial charge in [-0.05, 0) is 18.2 Å². The van der Waals surface area contributed by atoms with Crippen LogP contribution < -0.4 is 9.64 Å². The smallest absolute Gasteiger partial charge is 0.164 e.